The van der Waals surface area contributed by atoms with Crippen LogP contribution in [0.4, 0.5) is 0 Å². The van der Waals surface area contributed by atoms with Crippen molar-refractivity contribution in [3.05, 3.63) is 28.8 Å². The van der Waals surface area contributed by atoms with Gasteiger partial charge in [-0.2, -0.15) is 0 Å². The predicted octanol–water partition coefficient (Wildman–Crippen LogP) is 1.81. The molecule has 1 atom stereocenters. The summed E-state index contributed by atoms with van der Waals surface area (Å²) in [6.07, 6.45) is 0.814. The standard InChI is InChI=1S/C10H12ClNO2/c1-12-9(6-13)8-5-7(11)3-4-10(8)14-2/h3-6,9,12H,1-2H3. The maximum atomic E-state index is 10.8. The zero-order valence-electron chi connectivity index (χ0n) is 8.08. The molecule has 1 unspecified atom stereocenters. The maximum Gasteiger partial charge on any atom is 0.141 e. The Morgan fingerprint density at radius 1 is 1.57 bits per heavy atom. The molecule has 0 radical (unpaired) electrons. The number of rotatable bonds is 4. The highest BCUT2D eigenvalue weighted by Gasteiger charge is 2.13. The number of carbonyl (C=O) groups excluding carboxylic acids is 1. The number of ether oxygens (including phenoxy) is 1. The second-order valence-electron chi connectivity index (χ2n) is 2.79. The molecule has 0 aliphatic heterocycles. The lowest BCUT2D eigenvalue weighted by atomic mass is 10.1. The summed E-state index contributed by atoms with van der Waals surface area (Å²) < 4.78 is 5.13. The first-order valence-electron chi connectivity index (χ1n) is 4.19. The lowest BCUT2D eigenvalue weighted by Gasteiger charge is -2.13. The number of benzene rings is 1. The molecule has 1 N–H and O–H groups in total. The van der Waals surface area contributed by atoms with E-state index in [9.17, 15) is 4.79 Å². The van der Waals surface area contributed by atoms with E-state index in [2.05, 4.69) is 5.32 Å². The van der Waals surface area contributed by atoms with Gasteiger partial charge in [0.25, 0.3) is 0 Å². The first kappa shape index (κ1) is 11.0. The minimum absolute atomic E-state index is 0.386. The van der Waals surface area contributed by atoms with Gasteiger partial charge in [-0.3, -0.25) is 0 Å². The summed E-state index contributed by atoms with van der Waals surface area (Å²) in [5.74, 6) is 0.654. The van der Waals surface area contributed by atoms with E-state index in [-0.39, 0.29) is 6.04 Å². The van der Waals surface area contributed by atoms with Crippen LogP contribution in [0.1, 0.15) is 11.6 Å². The van der Waals surface area contributed by atoms with E-state index >= 15 is 0 Å². The van der Waals surface area contributed by atoms with Crippen molar-refractivity contribution in [2.45, 2.75) is 6.04 Å². The molecule has 1 aromatic carbocycles. The van der Waals surface area contributed by atoms with Gasteiger partial charge in [0, 0.05) is 10.6 Å². The molecule has 0 amide bonds. The average Bonchev–Trinajstić information content (AvgIpc) is 2.20. The number of methoxy groups -OCH3 is 1. The molecule has 0 saturated heterocycles. The average molecular weight is 214 g/mol. The lowest BCUT2D eigenvalue weighted by molar-refractivity contribution is -0.109. The van der Waals surface area contributed by atoms with Crippen molar-refractivity contribution >= 4 is 17.9 Å². The Kier molecular flexibility index (Phi) is 3.92. The molecule has 14 heavy (non-hydrogen) atoms. The van der Waals surface area contributed by atoms with Crippen molar-refractivity contribution in [1.29, 1.82) is 0 Å². The summed E-state index contributed by atoms with van der Waals surface area (Å²) in [6.45, 7) is 0. The van der Waals surface area contributed by atoms with Crippen LogP contribution in [0.3, 0.4) is 0 Å². The molecule has 4 heteroatoms. The lowest BCUT2D eigenvalue weighted by Crippen LogP contribution is -2.18. The second-order valence-corrected chi connectivity index (χ2v) is 3.23. The Hall–Kier alpha value is -1.06. The van der Waals surface area contributed by atoms with E-state index in [1.165, 1.54) is 0 Å². The number of hydrogen-bond acceptors (Lipinski definition) is 3. The molecule has 0 aliphatic carbocycles. The molecule has 0 bridgehead atoms. The molecule has 0 saturated carbocycles. The van der Waals surface area contributed by atoms with Crippen molar-refractivity contribution in [2.24, 2.45) is 0 Å². The summed E-state index contributed by atoms with van der Waals surface area (Å²) in [7, 11) is 3.27. The van der Waals surface area contributed by atoms with Crippen molar-refractivity contribution in [2.75, 3.05) is 14.2 Å². The highest BCUT2D eigenvalue weighted by atomic mass is 35.5. The molecule has 0 fully saturated rings. The van der Waals surface area contributed by atoms with Gasteiger partial charge in [-0.05, 0) is 25.2 Å². The summed E-state index contributed by atoms with van der Waals surface area (Å²) in [6, 6.07) is 4.80. The van der Waals surface area contributed by atoms with Gasteiger partial charge >= 0.3 is 0 Å². The van der Waals surface area contributed by atoms with Crippen LogP contribution < -0.4 is 10.1 Å². The van der Waals surface area contributed by atoms with Gasteiger partial charge in [-0.15, -0.1) is 0 Å². The van der Waals surface area contributed by atoms with Gasteiger partial charge in [0.05, 0.1) is 13.2 Å². The van der Waals surface area contributed by atoms with E-state index in [0.717, 1.165) is 11.8 Å². The van der Waals surface area contributed by atoms with Crippen LogP contribution in [0.25, 0.3) is 0 Å². The normalized spacial score (nSPS) is 12.2. The maximum absolute atomic E-state index is 10.8. The Balaban J connectivity index is 3.14. The van der Waals surface area contributed by atoms with Gasteiger partial charge in [0.2, 0.25) is 0 Å². The van der Waals surface area contributed by atoms with E-state index in [1.807, 2.05) is 0 Å². The molecule has 1 aromatic rings. The van der Waals surface area contributed by atoms with Crippen molar-refractivity contribution in [3.8, 4) is 5.75 Å². The van der Waals surface area contributed by atoms with E-state index in [4.69, 9.17) is 16.3 Å². The molecular weight excluding hydrogens is 202 g/mol. The first-order valence-corrected chi connectivity index (χ1v) is 4.56. The molecule has 1 rings (SSSR count). The SMILES string of the molecule is CNC(C=O)c1cc(Cl)ccc1OC. The number of halogens is 1. The monoisotopic (exact) mass is 213 g/mol. The van der Waals surface area contributed by atoms with Crippen molar-refractivity contribution < 1.29 is 9.53 Å². The van der Waals surface area contributed by atoms with Gasteiger partial charge in [-0.1, -0.05) is 11.6 Å². The fourth-order valence-electron chi connectivity index (χ4n) is 1.25. The number of likely N-dealkylation sites (N-methyl/N-ethyl adjacent to an activating group) is 1. The molecule has 0 aliphatic rings. The third kappa shape index (κ3) is 2.25. The van der Waals surface area contributed by atoms with Crippen LogP contribution in [-0.2, 0) is 4.79 Å². The Bertz CT molecular complexity index is 328. The smallest absolute Gasteiger partial charge is 0.141 e. The van der Waals surface area contributed by atoms with Crippen LogP contribution in [-0.4, -0.2) is 20.4 Å². The molecule has 76 valence electrons. The van der Waals surface area contributed by atoms with Crippen LogP contribution in [0, 0.1) is 0 Å². The van der Waals surface area contributed by atoms with Gasteiger partial charge in [0.15, 0.2) is 0 Å². The van der Waals surface area contributed by atoms with Crippen LogP contribution in [0.5, 0.6) is 5.75 Å². The summed E-state index contributed by atoms with van der Waals surface area (Å²) in [4.78, 5) is 10.8. The van der Waals surface area contributed by atoms with Gasteiger partial charge in [-0.25, -0.2) is 0 Å². The fourth-order valence-corrected chi connectivity index (χ4v) is 1.43. The van der Waals surface area contributed by atoms with Crippen LogP contribution >= 0.6 is 11.6 Å². The fraction of sp³-hybridized carbons (Fsp3) is 0.300. The number of hydrogen-bond donors (Lipinski definition) is 1. The zero-order chi connectivity index (χ0) is 10.6. The summed E-state index contributed by atoms with van der Waals surface area (Å²) >= 11 is 5.83. The summed E-state index contributed by atoms with van der Waals surface area (Å²) in [5.41, 5.74) is 0.748. The molecule has 0 aromatic heterocycles. The molecule has 3 nitrogen and oxygen atoms in total. The third-order valence-corrected chi connectivity index (χ3v) is 2.21. The zero-order valence-corrected chi connectivity index (χ0v) is 8.84. The van der Waals surface area contributed by atoms with Gasteiger partial charge < -0.3 is 14.8 Å². The molecular formula is C10H12ClNO2. The van der Waals surface area contributed by atoms with E-state index < -0.39 is 0 Å². The third-order valence-electron chi connectivity index (χ3n) is 1.97. The Morgan fingerprint density at radius 3 is 2.79 bits per heavy atom. The Morgan fingerprint density at radius 2 is 2.29 bits per heavy atom. The Labute approximate surface area is 88.0 Å². The minimum atomic E-state index is -0.386. The highest BCUT2D eigenvalue weighted by molar-refractivity contribution is 6.30. The quantitative estimate of drug-likeness (QED) is 0.776. The van der Waals surface area contributed by atoms with Crippen LogP contribution in [0.15, 0.2) is 18.2 Å². The van der Waals surface area contributed by atoms with Crippen molar-refractivity contribution in [1.82, 2.24) is 5.32 Å². The predicted molar refractivity (Wildman–Crippen MR) is 55.9 cm³/mol. The van der Waals surface area contributed by atoms with Gasteiger partial charge in [0.1, 0.15) is 12.0 Å². The first-order chi connectivity index (χ1) is 6.72. The molecule has 0 heterocycles. The van der Waals surface area contributed by atoms with E-state index in [1.54, 1.807) is 32.4 Å². The minimum Gasteiger partial charge on any atom is -0.496 e. The van der Waals surface area contributed by atoms with Crippen LogP contribution in [0.2, 0.25) is 5.02 Å². The largest absolute Gasteiger partial charge is 0.496 e. The highest BCUT2D eigenvalue weighted by Crippen LogP contribution is 2.27. The second kappa shape index (κ2) is 4.98. The van der Waals surface area contributed by atoms with Crippen molar-refractivity contribution in [3.63, 3.8) is 0 Å². The molecule has 0 spiro atoms. The topological polar surface area (TPSA) is 38.3 Å². The summed E-state index contributed by atoms with van der Waals surface area (Å²) in [5, 5.41) is 3.45. The number of aldehydes is 1. The number of nitrogens with one attached hydrogen (secondary N) is 1. The number of carbonyl (C=O) groups is 1. The van der Waals surface area contributed by atoms with E-state index in [0.29, 0.717) is 10.8 Å².